The van der Waals surface area contributed by atoms with E-state index >= 15 is 0 Å². The van der Waals surface area contributed by atoms with E-state index in [4.69, 9.17) is 21.7 Å². The number of hydrogen-bond donors (Lipinski definition) is 2. The first-order valence-electron chi connectivity index (χ1n) is 9.81. The van der Waals surface area contributed by atoms with Crippen molar-refractivity contribution in [2.75, 3.05) is 18.5 Å². The van der Waals surface area contributed by atoms with Gasteiger partial charge in [0.25, 0.3) is 0 Å². The Morgan fingerprint density at radius 2 is 1.86 bits per heavy atom. The molecular weight excluding hydrogens is 368 g/mol. The molecular formula is C23H28N2O2S. The Balaban J connectivity index is 1.70. The molecule has 1 aliphatic rings. The number of ether oxygens (including phenoxy) is 2. The fourth-order valence-corrected chi connectivity index (χ4v) is 4.01. The molecule has 4 nitrogen and oxygen atoms in total. The van der Waals surface area contributed by atoms with Crippen molar-refractivity contribution < 1.29 is 9.47 Å². The van der Waals surface area contributed by atoms with Crippen LogP contribution in [-0.4, -0.2) is 18.3 Å². The molecule has 5 heteroatoms. The van der Waals surface area contributed by atoms with Gasteiger partial charge in [0.15, 0.2) is 5.11 Å². The molecule has 1 saturated carbocycles. The maximum Gasteiger partial charge on any atom is 0.171 e. The van der Waals surface area contributed by atoms with Crippen LogP contribution in [0.4, 0.5) is 5.69 Å². The third-order valence-corrected chi connectivity index (χ3v) is 5.19. The first-order valence-corrected chi connectivity index (χ1v) is 10.2. The highest BCUT2D eigenvalue weighted by Gasteiger charge is 2.36. The first kappa shape index (κ1) is 20.2. The lowest BCUT2D eigenvalue weighted by Crippen LogP contribution is -2.45. The summed E-state index contributed by atoms with van der Waals surface area (Å²) in [7, 11) is 0. The summed E-state index contributed by atoms with van der Waals surface area (Å²) >= 11 is 5.64. The quantitative estimate of drug-likeness (QED) is 0.461. The van der Waals surface area contributed by atoms with E-state index in [1.807, 2.05) is 43.3 Å². The molecule has 2 aromatic carbocycles. The molecule has 1 aliphatic carbocycles. The van der Waals surface area contributed by atoms with Gasteiger partial charge in [-0.3, -0.25) is 0 Å². The summed E-state index contributed by atoms with van der Waals surface area (Å²) in [6.45, 7) is 6.82. The van der Waals surface area contributed by atoms with Crippen molar-refractivity contribution in [1.29, 1.82) is 0 Å². The van der Waals surface area contributed by atoms with Gasteiger partial charge < -0.3 is 20.1 Å². The van der Waals surface area contributed by atoms with Gasteiger partial charge in [0.1, 0.15) is 18.1 Å². The van der Waals surface area contributed by atoms with Crippen LogP contribution in [0.1, 0.15) is 38.2 Å². The Morgan fingerprint density at radius 1 is 1.11 bits per heavy atom. The van der Waals surface area contributed by atoms with Gasteiger partial charge in [0.05, 0.1) is 12.1 Å². The Kier molecular flexibility index (Phi) is 6.93. The van der Waals surface area contributed by atoms with Crippen LogP contribution in [0.3, 0.4) is 0 Å². The van der Waals surface area contributed by atoms with Crippen LogP contribution in [0.2, 0.25) is 0 Å². The molecule has 0 bridgehead atoms. The van der Waals surface area contributed by atoms with Gasteiger partial charge >= 0.3 is 0 Å². The minimum Gasteiger partial charge on any atom is -0.494 e. The van der Waals surface area contributed by atoms with Crippen LogP contribution in [0, 0.1) is 0 Å². The number of thiocarbonyl (C=S) groups is 1. The lowest BCUT2D eigenvalue weighted by Gasteiger charge is -2.32. The topological polar surface area (TPSA) is 42.5 Å². The predicted octanol–water partition coefficient (Wildman–Crippen LogP) is 5.41. The van der Waals surface area contributed by atoms with Gasteiger partial charge in [0.2, 0.25) is 0 Å². The van der Waals surface area contributed by atoms with E-state index in [0.717, 1.165) is 30.0 Å². The zero-order chi connectivity index (χ0) is 19.8. The number of anilines is 1. The fraction of sp³-hybridized carbons (Fsp3) is 0.348. The SMILES string of the molecule is C=CCOc1cccc(NC(=S)NC2(c3ccc(OCC)cc3)CCCC2)c1. The highest BCUT2D eigenvalue weighted by molar-refractivity contribution is 7.80. The maximum atomic E-state index is 5.64. The molecule has 0 atom stereocenters. The van der Waals surface area contributed by atoms with Crippen LogP contribution in [-0.2, 0) is 5.54 Å². The van der Waals surface area contributed by atoms with Crippen molar-refractivity contribution >= 4 is 23.0 Å². The van der Waals surface area contributed by atoms with Gasteiger partial charge in [-0.15, -0.1) is 0 Å². The molecule has 0 heterocycles. The summed E-state index contributed by atoms with van der Waals surface area (Å²) in [6, 6.07) is 16.2. The highest BCUT2D eigenvalue weighted by Crippen LogP contribution is 2.39. The van der Waals surface area contributed by atoms with Crippen molar-refractivity contribution in [3.63, 3.8) is 0 Å². The van der Waals surface area contributed by atoms with Crippen molar-refractivity contribution in [3.8, 4) is 11.5 Å². The second kappa shape index (κ2) is 9.60. The van der Waals surface area contributed by atoms with Crippen molar-refractivity contribution in [2.45, 2.75) is 38.1 Å². The van der Waals surface area contributed by atoms with Gasteiger partial charge in [-0.2, -0.15) is 0 Å². The van der Waals surface area contributed by atoms with E-state index in [-0.39, 0.29) is 5.54 Å². The second-order valence-corrected chi connectivity index (χ2v) is 7.36. The van der Waals surface area contributed by atoms with Crippen LogP contribution in [0.25, 0.3) is 0 Å². The molecule has 28 heavy (non-hydrogen) atoms. The summed E-state index contributed by atoms with van der Waals surface area (Å²) < 4.78 is 11.2. The Labute approximate surface area is 172 Å². The molecule has 3 rings (SSSR count). The maximum absolute atomic E-state index is 5.64. The molecule has 148 valence electrons. The molecule has 0 aromatic heterocycles. The summed E-state index contributed by atoms with van der Waals surface area (Å²) in [4.78, 5) is 0. The van der Waals surface area contributed by atoms with E-state index < -0.39 is 0 Å². The van der Waals surface area contributed by atoms with E-state index in [1.165, 1.54) is 18.4 Å². The summed E-state index contributed by atoms with van der Waals surface area (Å²) in [5.41, 5.74) is 2.02. The second-order valence-electron chi connectivity index (χ2n) is 6.95. The van der Waals surface area contributed by atoms with E-state index in [1.54, 1.807) is 6.08 Å². The van der Waals surface area contributed by atoms with Gasteiger partial charge in [-0.25, -0.2) is 0 Å². The summed E-state index contributed by atoms with van der Waals surface area (Å²) in [6.07, 6.45) is 6.23. The molecule has 0 radical (unpaired) electrons. The molecule has 0 amide bonds. The number of benzene rings is 2. The normalized spacial score (nSPS) is 14.9. The zero-order valence-electron chi connectivity index (χ0n) is 16.4. The smallest absolute Gasteiger partial charge is 0.171 e. The molecule has 0 saturated heterocycles. The predicted molar refractivity (Wildman–Crippen MR) is 119 cm³/mol. The Morgan fingerprint density at radius 3 is 2.54 bits per heavy atom. The van der Waals surface area contributed by atoms with E-state index in [2.05, 4.69) is 29.3 Å². The third-order valence-electron chi connectivity index (χ3n) is 4.99. The zero-order valence-corrected chi connectivity index (χ0v) is 17.2. The number of nitrogens with one attached hydrogen (secondary N) is 2. The lowest BCUT2D eigenvalue weighted by molar-refractivity contribution is 0.339. The van der Waals surface area contributed by atoms with Crippen molar-refractivity contribution in [3.05, 3.63) is 66.7 Å². The molecule has 1 fully saturated rings. The highest BCUT2D eigenvalue weighted by atomic mass is 32.1. The number of hydrogen-bond acceptors (Lipinski definition) is 3. The van der Waals surface area contributed by atoms with Crippen LogP contribution < -0.4 is 20.1 Å². The summed E-state index contributed by atoms with van der Waals surface area (Å²) in [5, 5.41) is 7.52. The Hall–Kier alpha value is -2.53. The lowest BCUT2D eigenvalue weighted by atomic mass is 9.88. The van der Waals surface area contributed by atoms with E-state index in [0.29, 0.717) is 18.3 Å². The monoisotopic (exact) mass is 396 g/mol. The molecule has 0 aliphatic heterocycles. The molecule has 0 spiro atoms. The standard InChI is InChI=1S/C23H28N2O2S/c1-3-16-27-21-9-7-8-19(17-21)24-22(28)25-23(14-5-6-15-23)18-10-12-20(13-11-18)26-4-2/h3,7-13,17H,1,4-6,14-16H2,2H3,(H2,24,25,28). The Bertz CT molecular complexity index is 799. The van der Waals surface area contributed by atoms with Crippen LogP contribution >= 0.6 is 12.2 Å². The minimum absolute atomic E-state index is 0.133. The van der Waals surface area contributed by atoms with Gasteiger partial charge in [0, 0.05) is 11.8 Å². The van der Waals surface area contributed by atoms with Gasteiger partial charge in [-0.1, -0.05) is 43.7 Å². The minimum atomic E-state index is -0.133. The van der Waals surface area contributed by atoms with Gasteiger partial charge in [-0.05, 0) is 61.8 Å². The molecule has 2 N–H and O–H groups in total. The third kappa shape index (κ3) is 5.04. The molecule has 0 unspecified atom stereocenters. The fourth-order valence-electron chi connectivity index (χ4n) is 3.70. The first-order chi connectivity index (χ1) is 13.6. The largest absolute Gasteiger partial charge is 0.494 e. The van der Waals surface area contributed by atoms with E-state index in [9.17, 15) is 0 Å². The van der Waals surface area contributed by atoms with Crippen LogP contribution in [0.5, 0.6) is 11.5 Å². The van der Waals surface area contributed by atoms with Crippen molar-refractivity contribution in [2.24, 2.45) is 0 Å². The average Bonchev–Trinajstić information content (AvgIpc) is 3.17. The van der Waals surface area contributed by atoms with Crippen molar-refractivity contribution in [1.82, 2.24) is 5.32 Å². The average molecular weight is 397 g/mol. The summed E-state index contributed by atoms with van der Waals surface area (Å²) in [5.74, 6) is 1.69. The number of rotatable bonds is 8. The van der Waals surface area contributed by atoms with Crippen LogP contribution in [0.15, 0.2) is 61.2 Å². The molecule has 2 aromatic rings.